The minimum Gasteiger partial charge on any atom is -0.506 e. The first-order valence-corrected chi connectivity index (χ1v) is 16.5. The molecule has 288 valence electrons. The lowest BCUT2D eigenvalue weighted by Crippen LogP contribution is -2.73. The van der Waals surface area contributed by atoms with Crippen molar-refractivity contribution in [3.63, 3.8) is 0 Å². The van der Waals surface area contributed by atoms with Crippen LogP contribution in [0.3, 0.4) is 0 Å². The van der Waals surface area contributed by atoms with Crippen molar-refractivity contribution in [3.8, 4) is 11.5 Å². The summed E-state index contributed by atoms with van der Waals surface area (Å²) in [4.78, 5) is 81.8. The standard InChI is InChI=1S/C36H37NO17/c1-12-7-14-8-19(39)36(52-6)32(45)23-16(31(44)35(36,48)24(14)29(21(12)34(46)47)53-11-20(40)49-3)9-15-22(26(23)42)18(38)10-17(25(15)41)37-33-30(51-5)27(43)28(50-4)13(2)54-33/h7,9-10,13,19,27-28,30,33,37,39,42-43,48H,8,11H2,1-6H3,(H,46,47)/t13-,19?,27+,28-,30+,33-,35?,36?/m0/s1. The highest BCUT2D eigenvalue weighted by Gasteiger charge is 2.73. The number of rotatable bonds is 9. The lowest BCUT2D eigenvalue weighted by Gasteiger charge is -2.53. The maximum absolute atomic E-state index is 14.8. The fourth-order valence-corrected chi connectivity index (χ4v) is 8.07. The van der Waals surface area contributed by atoms with Crippen LogP contribution in [0.5, 0.6) is 11.5 Å². The first-order valence-electron chi connectivity index (χ1n) is 16.5. The molecule has 1 fully saturated rings. The fourth-order valence-electron chi connectivity index (χ4n) is 8.07. The van der Waals surface area contributed by atoms with Crippen LogP contribution >= 0.6 is 0 Å². The van der Waals surface area contributed by atoms with Gasteiger partial charge in [0.15, 0.2) is 29.8 Å². The van der Waals surface area contributed by atoms with E-state index in [0.717, 1.165) is 26.4 Å². The van der Waals surface area contributed by atoms with Crippen molar-refractivity contribution >= 4 is 35.1 Å². The fraction of sp³-hybridized carbons (Fsp3) is 0.444. The summed E-state index contributed by atoms with van der Waals surface area (Å²) < 4.78 is 32.3. The van der Waals surface area contributed by atoms with E-state index in [4.69, 9.17) is 23.7 Å². The second-order valence-corrected chi connectivity index (χ2v) is 13.2. The quantitative estimate of drug-likeness (QED) is 0.176. The summed E-state index contributed by atoms with van der Waals surface area (Å²) in [6.07, 6.45) is -6.86. The highest BCUT2D eigenvalue weighted by Crippen LogP contribution is 2.57. The van der Waals surface area contributed by atoms with E-state index in [1.165, 1.54) is 27.2 Å². The largest absolute Gasteiger partial charge is 0.506 e. The maximum atomic E-state index is 14.8. The SMILES string of the molecule is COC(=O)COc1c(C(=O)O)c(C)cc2c1C1(O)C(=O)c3cc4c(c(O)c3C(=O)C1(OC)C(O)C2)C(=O)C=C(N[C@H]1O[C@@H](C)[C@H](OC)[C@@H](O)[C@H]1OC)C4=O. The molecule has 2 aromatic carbocycles. The second kappa shape index (κ2) is 13.6. The van der Waals surface area contributed by atoms with Gasteiger partial charge in [-0.2, -0.15) is 0 Å². The first-order chi connectivity index (χ1) is 25.5. The molecule has 0 spiro atoms. The lowest BCUT2D eigenvalue weighted by atomic mass is 9.56. The Balaban J connectivity index is 1.53. The van der Waals surface area contributed by atoms with Gasteiger partial charge >= 0.3 is 11.9 Å². The number of phenolic OH excluding ortho intramolecular Hbond substituents is 1. The molecule has 18 nitrogen and oxygen atoms in total. The minimum atomic E-state index is -3.33. The number of aromatic hydroxyl groups is 1. The Hall–Kier alpha value is -5.08. The normalized spacial score (nSPS) is 30.1. The van der Waals surface area contributed by atoms with Crippen LogP contribution in [0.1, 0.15) is 75.4 Å². The van der Waals surface area contributed by atoms with Crippen LogP contribution in [-0.2, 0) is 40.5 Å². The molecule has 3 aliphatic carbocycles. The average molecular weight is 756 g/mol. The number of allylic oxidation sites excluding steroid dienone is 2. The number of aromatic carboxylic acids is 1. The van der Waals surface area contributed by atoms with Gasteiger partial charge in [0.25, 0.3) is 0 Å². The number of ether oxygens (including phenoxy) is 6. The molecule has 0 radical (unpaired) electrons. The first kappa shape index (κ1) is 38.6. The Kier molecular flexibility index (Phi) is 9.77. The second-order valence-electron chi connectivity index (χ2n) is 13.2. The summed E-state index contributed by atoms with van der Waals surface area (Å²) in [5, 5.41) is 59.6. The van der Waals surface area contributed by atoms with Gasteiger partial charge in [-0.05, 0) is 31.0 Å². The molecule has 1 aliphatic heterocycles. The molecule has 0 amide bonds. The van der Waals surface area contributed by atoms with Gasteiger partial charge in [0, 0.05) is 50.5 Å². The summed E-state index contributed by atoms with van der Waals surface area (Å²) >= 11 is 0. The van der Waals surface area contributed by atoms with Gasteiger partial charge in [-0.3, -0.25) is 19.2 Å². The van der Waals surface area contributed by atoms with E-state index in [9.17, 15) is 54.3 Å². The Labute approximate surface area is 306 Å². The molecule has 3 unspecified atom stereocenters. The molecule has 0 bridgehead atoms. The Morgan fingerprint density at radius 2 is 1.65 bits per heavy atom. The van der Waals surface area contributed by atoms with Gasteiger partial charge in [0.2, 0.25) is 17.3 Å². The number of benzene rings is 2. The molecule has 18 heteroatoms. The molecule has 54 heavy (non-hydrogen) atoms. The Morgan fingerprint density at radius 1 is 0.981 bits per heavy atom. The molecule has 4 aliphatic rings. The van der Waals surface area contributed by atoms with Crippen molar-refractivity contribution in [1.29, 1.82) is 0 Å². The van der Waals surface area contributed by atoms with Crippen LogP contribution in [0.15, 0.2) is 23.9 Å². The van der Waals surface area contributed by atoms with E-state index in [1.54, 1.807) is 6.92 Å². The van der Waals surface area contributed by atoms with Crippen LogP contribution < -0.4 is 10.1 Å². The van der Waals surface area contributed by atoms with Gasteiger partial charge in [-0.25, -0.2) is 9.59 Å². The molecule has 2 aromatic rings. The predicted octanol–water partition coefficient (Wildman–Crippen LogP) is -0.492. The van der Waals surface area contributed by atoms with Crippen molar-refractivity contribution in [2.45, 2.75) is 68.2 Å². The predicted molar refractivity (Wildman–Crippen MR) is 178 cm³/mol. The Morgan fingerprint density at radius 3 is 2.24 bits per heavy atom. The number of fused-ring (bicyclic) bond motifs is 5. The topological polar surface area (TPSA) is 271 Å². The maximum Gasteiger partial charge on any atom is 0.343 e. The highest BCUT2D eigenvalue weighted by molar-refractivity contribution is 6.31. The summed E-state index contributed by atoms with van der Waals surface area (Å²) in [7, 11) is 4.55. The monoisotopic (exact) mass is 755 g/mol. The lowest BCUT2D eigenvalue weighted by molar-refractivity contribution is -0.236. The van der Waals surface area contributed by atoms with Crippen molar-refractivity contribution in [2.24, 2.45) is 0 Å². The molecule has 6 rings (SSSR count). The molecule has 0 aromatic heterocycles. The van der Waals surface area contributed by atoms with Gasteiger partial charge < -0.3 is 59.3 Å². The number of aliphatic hydroxyl groups is 3. The smallest absolute Gasteiger partial charge is 0.343 e. The van der Waals surface area contributed by atoms with Crippen molar-refractivity contribution in [1.82, 2.24) is 5.32 Å². The molecule has 1 heterocycles. The summed E-state index contributed by atoms with van der Waals surface area (Å²) in [6, 6.07) is 2.06. The molecule has 8 atom stereocenters. The van der Waals surface area contributed by atoms with E-state index in [2.05, 4.69) is 10.1 Å². The molecule has 1 saturated heterocycles. The number of ketones is 4. The van der Waals surface area contributed by atoms with Crippen LogP contribution in [0.4, 0.5) is 0 Å². The Bertz CT molecular complexity index is 2060. The van der Waals surface area contributed by atoms with E-state index in [1.807, 2.05) is 0 Å². The van der Waals surface area contributed by atoms with Crippen molar-refractivity contribution < 1.29 is 82.7 Å². The van der Waals surface area contributed by atoms with Crippen molar-refractivity contribution in [3.05, 3.63) is 68.4 Å². The number of hydrogen-bond donors (Lipinski definition) is 6. The zero-order valence-corrected chi connectivity index (χ0v) is 29.7. The van der Waals surface area contributed by atoms with Gasteiger partial charge in [0.1, 0.15) is 35.4 Å². The number of carbonyl (C=O) groups excluding carboxylic acids is 5. The number of Topliss-reactive ketones (excluding diaryl/α,β-unsaturated/α-hetero) is 3. The third-order valence-corrected chi connectivity index (χ3v) is 10.5. The van der Waals surface area contributed by atoms with Crippen LogP contribution in [0.25, 0.3) is 0 Å². The number of carboxylic acids is 1. The van der Waals surface area contributed by atoms with E-state index in [-0.39, 0.29) is 11.1 Å². The molecular weight excluding hydrogens is 718 g/mol. The van der Waals surface area contributed by atoms with Crippen LogP contribution in [-0.4, -0.2) is 138 Å². The van der Waals surface area contributed by atoms with Gasteiger partial charge in [-0.15, -0.1) is 0 Å². The number of aryl methyl sites for hydroxylation is 1. The highest BCUT2D eigenvalue weighted by atomic mass is 16.6. The summed E-state index contributed by atoms with van der Waals surface area (Å²) in [6.45, 7) is 2.05. The van der Waals surface area contributed by atoms with Crippen LogP contribution in [0.2, 0.25) is 0 Å². The number of carbonyl (C=O) groups is 6. The van der Waals surface area contributed by atoms with E-state index >= 15 is 0 Å². The number of phenols is 1. The number of esters is 1. The summed E-state index contributed by atoms with van der Waals surface area (Å²) in [5.74, 6) is -9.25. The van der Waals surface area contributed by atoms with Gasteiger partial charge in [0.05, 0.1) is 36.1 Å². The number of hydrogen-bond acceptors (Lipinski definition) is 17. The number of nitrogens with one attached hydrogen (secondary N) is 1. The van der Waals surface area contributed by atoms with Crippen LogP contribution in [0, 0.1) is 6.92 Å². The van der Waals surface area contributed by atoms with Crippen molar-refractivity contribution in [2.75, 3.05) is 35.0 Å². The zero-order chi connectivity index (χ0) is 39.8. The third kappa shape index (κ3) is 5.20. The zero-order valence-electron chi connectivity index (χ0n) is 29.7. The third-order valence-electron chi connectivity index (χ3n) is 10.5. The number of aliphatic hydroxyl groups excluding tert-OH is 2. The van der Waals surface area contributed by atoms with Gasteiger partial charge in [-0.1, -0.05) is 6.07 Å². The van der Waals surface area contributed by atoms with E-state index < -0.39 is 147 Å². The molecular formula is C36H37NO17. The number of carboxylic acid groups (broad SMARTS) is 1. The average Bonchev–Trinajstić information content (AvgIpc) is 3.11. The molecule has 0 saturated carbocycles. The minimum absolute atomic E-state index is 0.0387. The number of methoxy groups -OCH3 is 4. The summed E-state index contributed by atoms with van der Waals surface area (Å²) in [5.41, 5.74) is -10.9. The van der Waals surface area contributed by atoms with E-state index in [0.29, 0.717) is 0 Å². The molecule has 6 N–H and O–H groups in total.